The van der Waals surface area contributed by atoms with Gasteiger partial charge in [-0.1, -0.05) is 24.6 Å². The summed E-state index contributed by atoms with van der Waals surface area (Å²) < 4.78 is 18.7. The van der Waals surface area contributed by atoms with E-state index in [1.54, 1.807) is 13.0 Å². The molecule has 0 aromatic heterocycles. The highest BCUT2D eigenvalue weighted by Crippen LogP contribution is 2.24. The fourth-order valence-corrected chi connectivity index (χ4v) is 1.44. The number of benzene rings is 1. The standard InChI is InChI=1S/C12H17ClFNO2/c1-3-15-7-12(2,16)8-17-10-6-4-5-9(13)11(10)14/h4-6,15-16H,3,7-8H2,1-2H3. The van der Waals surface area contributed by atoms with Crippen LogP contribution in [0.4, 0.5) is 4.39 Å². The van der Waals surface area contributed by atoms with Crippen molar-refractivity contribution in [2.75, 3.05) is 19.7 Å². The third-order valence-electron chi connectivity index (χ3n) is 2.21. The Bertz CT molecular complexity index is 372. The smallest absolute Gasteiger partial charge is 0.183 e. The molecule has 0 aliphatic rings. The van der Waals surface area contributed by atoms with E-state index in [2.05, 4.69) is 5.32 Å². The second-order valence-corrected chi connectivity index (χ2v) is 4.53. The first-order chi connectivity index (χ1) is 7.96. The molecule has 1 aromatic carbocycles. The van der Waals surface area contributed by atoms with Crippen molar-refractivity contribution in [1.29, 1.82) is 0 Å². The van der Waals surface area contributed by atoms with E-state index in [1.807, 2.05) is 6.92 Å². The fourth-order valence-electron chi connectivity index (χ4n) is 1.27. The number of hydrogen-bond donors (Lipinski definition) is 2. The van der Waals surface area contributed by atoms with Crippen LogP contribution in [0, 0.1) is 5.82 Å². The molecule has 0 heterocycles. The van der Waals surface area contributed by atoms with Crippen LogP contribution in [0.5, 0.6) is 5.75 Å². The Morgan fingerprint density at radius 3 is 2.88 bits per heavy atom. The molecule has 3 nitrogen and oxygen atoms in total. The van der Waals surface area contributed by atoms with Crippen LogP contribution in [-0.4, -0.2) is 30.4 Å². The Labute approximate surface area is 106 Å². The van der Waals surface area contributed by atoms with E-state index < -0.39 is 11.4 Å². The Morgan fingerprint density at radius 2 is 2.24 bits per heavy atom. The summed E-state index contributed by atoms with van der Waals surface area (Å²) >= 11 is 5.62. The molecule has 1 aromatic rings. The molecule has 17 heavy (non-hydrogen) atoms. The number of likely N-dealkylation sites (N-methyl/N-ethyl adjacent to an activating group) is 1. The number of aliphatic hydroxyl groups is 1. The van der Waals surface area contributed by atoms with Gasteiger partial charge in [-0.05, 0) is 25.6 Å². The molecule has 5 heteroatoms. The highest BCUT2D eigenvalue weighted by molar-refractivity contribution is 6.30. The lowest BCUT2D eigenvalue weighted by molar-refractivity contribution is 0.0116. The predicted molar refractivity (Wildman–Crippen MR) is 66.1 cm³/mol. The third kappa shape index (κ3) is 4.50. The Balaban J connectivity index is 2.58. The van der Waals surface area contributed by atoms with Crippen LogP contribution < -0.4 is 10.1 Å². The third-order valence-corrected chi connectivity index (χ3v) is 2.50. The van der Waals surface area contributed by atoms with Gasteiger partial charge in [0.05, 0.1) is 5.02 Å². The highest BCUT2D eigenvalue weighted by Gasteiger charge is 2.21. The van der Waals surface area contributed by atoms with Gasteiger partial charge < -0.3 is 15.2 Å². The van der Waals surface area contributed by atoms with Gasteiger partial charge in [-0.2, -0.15) is 0 Å². The normalized spacial score (nSPS) is 14.4. The van der Waals surface area contributed by atoms with E-state index in [9.17, 15) is 9.50 Å². The summed E-state index contributed by atoms with van der Waals surface area (Å²) in [6, 6.07) is 4.52. The summed E-state index contributed by atoms with van der Waals surface area (Å²) in [5.74, 6) is -0.553. The van der Waals surface area contributed by atoms with Crippen molar-refractivity contribution in [1.82, 2.24) is 5.32 Å². The number of halogens is 2. The monoisotopic (exact) mass is 261 g/mol. The predicted octanol–water partition coefficient (Wildman–Crippen LogP) is 2.22. The molecule has 1 atom stereocenters. The first-order valence-electron chi connectivity index (χ1n) is 5.46. The van der Waals surface area contributed by atoms with Gasteiger partial charge in [-0.3, -0.25) is 0 Å². The van der Waals surface area contributed by atoms with Crippen molar-refractivity contribution < 1.29 is 14.2 Å². The topological polar surface area (TPSA) is 41.5 Å². The summed E-state index contributed by atoms with van der Waals surface area (Å²) in [4.78, 5) is 0. The maximum atomic E-state index is 13.5. The van der Waals surface area contributed by atoms with E-state index in [-0.39, 0.29) is 17.4 Å². The van der Waals surface area contributed by atoms with Crippen LogP contribution in [0.3, 0.4) is 0 Å². The first kappa shape index (κ1) is 14.2. The van der Waals surface area contributed by atoms with Crippen molar-refractivity contribution in [3.05, 3.63) is 29.0 Å². The summed E-state index contributed by atoms with van der Waals surface area (Å²) in [7, 11) is 0. The molecule has 0 saturated heterocycles. The average Bonchev–Trinajstić information content (AvgIpc) is 2.29. The molecule has 2 N–H and O–H groups in total. The lowest BCUT2D eigenvalue weighted by atomic mass is 10.1. The molecule has 0 radical (unpaired) electrons. The minimum absolute atomic E-state index is 0.00272. The fraction of sp³-hybridized carbons (Fsp3) is 0.500. The maximum Gasteiger partial charge on any atom is 0.183 e. The summed E-state index contributed by atoms with van der Waals surface area (Å²) in [6.07, 6.45) is 0. The maximum absolute atomic E-state index is 13.5. The minimum Gasteiger partial charge on any atom is -0.487 e. The van der Waals surface area contributed by atoms with Gasteiger partial charge in [-0.15, -0.1) is 0 Å². The van der Waals surface area contributed by atoms with Crippen molar-refractivity contribution in [3.63, 3.8) is 0 Å². The van der Waals surface area contributed by atoms with E-state index in [0.29, 0.717) is 6.54 Å². The Morgan fingerprint density at radius 1 is 1.53 bits per heavy atom. The number of hydrogen-bond acceptors (Lipinski definition) is 3. The molecule has 0 aliphatic heterocycles. The second-order valence-electron chi connectivity index (χ2n) is 4.12. The SMILES string of the molecule is CCNCC(C)(O)COc1cccc(Cl)c1F. The minimum atomic E-state index is -1.05. The number of nitrogens with one attached hydrogen (secondary N) is 1. The molecular formula is C12H17ClFNO2. The summed E-state index contributed by atoms with van der Waals surface area (Å²) in [5, 5.41) is 12.9. The van der Waals surface area contributed by atoms with Crippen molar-refractivity contribution in [3.8, 4) is 5.75 Å². The van der Waals surface area contributed by atoms with Gasteiger partial charge in [0.15, 0.2) is 11.6 Å². The van der Waals surface area contributed by atoms with Crippen LogP contribution in [0.25, 0.3) is 0 Å². The summed E-state index contributed by atoms with van der Waals surface area (Å²) in [5.41, 5.74) is -1.05. The van der Waals surface area contributed by atoms with Crippen LogP contribution in [0.2, 0.25) is 5.02 Å². The first-order valence-corrected chi connectivity index (χ1v) is 5.84. The zero-order chi connectivity index (χ0) is 12.9. The number of ether oxygens (including phenoxy) is 1. The van der Waals surface area contributed by atoms with Crippen LogP contribution in [0.1, 0.15) is 13.8 Å². The van der Waals surface area contributed by atoms with Gasteiger partial charge in [-0.25, -0.2) is 4.39 Å². The Hall–Kier alpha value is -0.840. The average molecular weight is 262 g/mol. The lowest BCUT2D eigenvalue weighted by Crippen LogP contribution is -2.42. The molecule has 0 saturated carbocycles. The van der Waals surface area contributed by atoms with Crippen LogP contribution >= 0.6 is 11.6 Å². The molecule has 0 aliphatic carbocycles. The molecule has 0 spiro atoms. The van der Waals surface area contributed by atoms with E-state index in [0.717, 1.165) is 6.54 Å². The molecular weight excluding hydrogens is 245 g/mol. The van der Waals surface area contributed by atoms with Crippen molar-refractivity contribution in [2.24, 2.45) is 0 Å². The van der Waals surface area contributed by atoms with Gasteiger partial charge in [0, 0.05) is 6.54 Å². The molecule has 0 fully saturated rings. The van der Waals surface area contributed by atoms with Gasteiger partial charge in [0.1, 0.15) is 12.2 Å². The Kier molecular flexibility index (Phi) is 5.18. The second kappa shape index (κ2) is 6.19. The molecule has 1 rings (SSSR count). The quantitative estimate of drug-likeness (QED) is 0.825. The van der Waals surface area contributed by atoms with Crippen molar-refractivity contribution in [2.45, 2.75) is 19.4 Å². The molecule has 0 amide bonds. The van der Waals surface area contributed by atoms with Gasteiger partial charge >= 0.3 is 0 Å². The van der Waals surface area contributed by atoms with E-state index >= 15 is 0 Å². The van der Waals surface area contributed by atoms with E-state index in [1.165, 1.54) is 12.1 Å². The van der Waals surface area contributed by atoms with Crippen molar-refractivity contribution >= 4 is 11.6 Å². The zero-order valence-electron chi connectivity index (χ0n) is 9.96. The van der Waals surface area contributed by atoms with Crippen LogP contribution in [0.15, 0.2) is 18.2 Å². The zero-order valence-corrected chi connectivity index (χ0v) is 10.7. The molecule has 0 bridgehead atoms. The summed E-state index contributed by atoms with van der Waals surface area (Å²) in [6.45, 7) is 4.69. The van der Waals surface area contributed by atoms with Gasteiger partial charge in [0.2, 0.25) is 0 Å². The number of rotatable bonds is 6. The lowest BCUT2D eigenvalue weighted by Gasteiger charge is -2.23. The largest absolute Gasteiger partial charge is 0.487 e. The van der Waals surface area contributed by atoms with Crippen LogP contribution in [-0.2, 0) is 0 Å². The highest BCUT2D eigenvalue weighted by atomic mass is 35.5. The van der Waals surface area contributed by atoms with E-state index in [4.69, 9.17) is 16.3 Å². The molecule has 96 valence electrons. The van der Waals surface area contributed by atoms with Gasteiger partial charge in [0.25, 0.3) is 0 Å². The molecule has 1 unspecified atom stereocenters.